The van der Waals surface area contributed by atoms with Gasteiger partial charge in [0.2, 0.25) is 10.3 Å². The van der Waals surface area contributed by atoms with E-state index in [4.69, 9.17) is 18.9 Å². The first-order chi connectivity index (χ1) is 32.0. The van der Waals surface area contributed by atoms with Crippen molar-refractivity contribution in [3.63, 3.8) is 0 Å². The summed E-state index contributed by atoms with van der Waals surface area (Å²) in [7, 11) is 0. The zero-order valence-electron chi connectivity index (χ0n) is 34.7. The molecule has 18 heteroatoms. The third-order valence-electron chi connectivity index (χ3n) is 10.7. The highest BCUT2D eigenvalue weighted by Crippen LogP contribution is 2.57. The van der Waals surface area contributed by atoms with Gasteiger partial charge in [0.1, 0.15) is 21.3 Å². The Balaban J connectivity index is 1.25. The minimum atomic E-state index is -0.502. The summed E-state index contributed by atoms with van der Waals surface area (Å²) >= 11 is 5.28. The number of rotatable bonds is 6. The minimum Gasteiger partial charge on any atom is -0.493 e. The first-order valence-electron chi connectivity index (χ1n) is 20.8. The summed E-state index contributed by atoms with van der Waals surface area (Å²) in [6, 6.07) is 35.2. The topological polar surface area (TPSA) is 157 Å². The number of hydrogen-bond donors (Lipinski definition) is 2. The number of fused-ring (bicyclic) bond motifs is 8. The molecule has 8 aromatic rings. The summed E-state index contributed by atoms with van der Waals surface area (Å²) in [6.45, 7) is 4.57. The molecular formula is C47H36N8O6S4. The van der Waals surface area contributed by atoms with Gasteiger partial charge in [0.15, 0.2) is 11.6 Å². The zero-order valence-corrected chi connectivity index (χ0v) is 38.0. The second-order valence-electron chi connectivity index (χ2n) is 14.6. The van der Waals surface area contributed by atoms with Gasteiger partial charge in [-0.15, -0.1) is 43.1 Å². The SMILES string of the molecule is CCOC(=O)c1sc2sc(C(=O)OCC)c3c2c1C1=C(Nn2c(nnc2-c2ccccc2)S1)c1ccccc1OCCCOc1ccccc1C1=C3Sc2nnc(-c3ccccc3)n2N1. The summed E-state index contributed by atoms with van der Waals surface area (Å²) in [4.78, 5) is 30.9. The van der Waals surface area contributed by atoms with Crippen molar-refractivity contribution in [1.29, 1.82) is 0 Å². The number of nitrogens with one attached hydrogen (secondary N) is 2. The molecule has 4 aromatic heterocycles. The minimum absolute atomic E-state index is 0.152. The van der Waals surface area contributed by atoms with Crippen LogP contribution in [-0.2, 0) is 9.47 Å². The molecule has 7 heterocycles. The maximum Gasteiger partial charge on any atom is 0.349 e. The van der Waals surface area contributed by atoms with Gasteiger partial charge in [-0.2, -0.15) is 0 Å². The quantitative estimate of drug-likeness (QED) is 0.152. The molecule has 0 spiro atoms. The van der Waals surface area contributed by atoms with Crippen LogP contribution >= 0.6 is 46.2 Å². The van der Waals surface area contributed by atoms with Gasteiger partial charge in [-0.25, -0.2) is 18.9 Å². The molecule has 324 valence electrons. The Hall–Kier alpha value is -6.86. The van der Waals surface area contributed by atoms with Crippen molar-refractivity contribution in [3.8, 4) is 34.3 Å². The number of ether oxygens (including phenoxy) is 4. The fourth-order valence-corrected chi connectivity index (χ4v) is 12.6. The molecule has 0 fully saturated rings. The van der Waals surface area contributed by atoms with E-state index < -0.39 is 11.9 Å². The largest absolute Gasteiger partial charge is 0.493 e. The monoisotopic (exact) mass is 936 g/mol. The van der Waals surface area contributed by atoms with Crippen LogP contribution in [-0.4, -0.2) is 68.1 Å². The summed E-state index contributed by atoms with van der Waals surface area (Å²) in [6.07, 6.45) is 0.562. The smallest absolute Gasteiger partial charge is 0.349 e. The maximum absolute atomic E-state index is 14.4. The summed E-state index contributed by atoms with van der Waals surface area (Å²) in [5.41, 5.74) is 12.9. The van der Waals surface area contributed by atoms with E-state index in [1.807, 2.05) is 119 Å². The normalized spacial score (nSPS) is 14.3. The highest BCUT2D eigenvalue weighted by Gasteiger charge is 2.39. The molecule has 0 saturated carbocycles. The molecular weight excluding hydrogens is 901 g/mol. The van der Waals surface area contributed by atoms with E-state index in [1.54, 1.807) is 13.8 Å². The molecule has 3 aliphatic heterocycles. The summed E-state index contributed by atoms with van der Waals surface area (Å²) in [5, 5.41) is 20.4. The summed E-state index contributed by atoms with van der Waals surface area (Å²) < 4.78 is 29.2. The Morgan fingerprint density at radius 2 is 1.03 bits per heavy atom. The van der Waals surface area contributed by atoms with E-state index in [0.717, 1.165) is 22.3 Å². The van der Waals surface area contributed by atoms with Crippen LogP contribution in [0.2, 0.25) is 0 Å². The van der Waals surface area contributed by atoms with Gasteiger partial charge < -0.3 is 18.9 Å². The van der Waals surface area contributed by atoms with E-state index in [0.29, 0.717) is 105 Å². The molecule has 0 radical (unpaired) electrons. The van der Waals surface area contributed by atoms with Gasteiger partial charge in [0.05, 0.1) is 51.6 Å². The molecule has 0 aliphatic carbocycles. The highest BCUT2D eigenvalue weighted by molar-refractivity contribution is 8.09. The van der Waals surface area contributed by atoms with Crippen LogP contribution in [0.25, 0.3) is 53.4 Å². The third-order valence-corrected chi connectivity index (χ3v) is 15.2. The molecule has 0 atom stereocenters. The fourth-order valence-electron chi connectivity index (χ4n) is 7.85. The molecule has 3 aliphatic rings. The first kappa shape index (κ1) is 40.9. The van der Waals surface area contributed by atoms with Crippen LogP contribution in [0, 0.1) is 0 Å². The van der Waals surface area contributed by atoms with Crippen LogP contribution in [0.5, 0.6) is 11.5 Å². The van der Waals surface area contributed by atoms with E-state index >= 15 is 0 Å². The Morgan fingerprint density at radius 1 is 0.600 bits per heavy atom. The predicted octanol–water partition coefficient (Wildman–Crippen LogP) is 10.3. The first-order valence-corrected chi connectivity index (χ1v) is 24.1. The standard InChI is InChI=1S/C47H36N8O6S4/c1-3-58-43(56)39-33-32-34(40(44(57)59-4-2)63-45(32)62-39)38-36(53-55-42(49-51-47(55)65-38)27-18-9-6-10-19-27)29-21-12-14-23-31(29)61-25-15-24-60-30-22-13-11-20-28(30)35-37(33)64-46-50-48-41(54(46)52-35)26-16-7-5-8-17-26/h5-14,16-23,52-53H,3-4,15,24-25H2,1-2H3. The number of thioether (sulfide) groups is 2. The van der Waals surface area contributed by atoms with Crippen molar-refractivity contribution < 1.29 is 28.5 Å². The van der Waals surface area contributed by atoms with Gasteiger partial charge in [-0.05, 0) is 61.6 Å². The molecule has 0 bridgehead atoms. The lowest BCUT2D eigenvalue weighted by molar-refractivity contribution is 0.0522. The second-order valence-corrected chi connectivity index (χ2v) is 18.9. The van der Waals surface area contributed by atoms with Gasteiger partial charge in [0.25, 0.3) is 0 Å². The maximum atomic E-state index is 14.4. The number of benzene rings is 4. The Bertz CT molecular complexity index is 3020. The lowest BCUT2D eigenvalue weighted by Crippen LogP contribution is -2.22. The van der Waals surface area contributed by atoms with Crippen molar-refractivity contribution in [2.24, 2.45) is 0 Å². The molecule has 65 heavy (non-hydrogen) atoms. The van der Waals surface area contributed by atoms with Gasteiger partial charge in [-0.1, -0.05) is 84.9 Å². The Labute approximate surface area is 388 Å². The number of esters is 2. The van der Waals surface area contributed by atoms with Crippen molar-refractivity contribution in [2.75, 3.05) is 37.3 Å². The van der Waals surface area contributed by atoms with Crippen LogP contribution in [0.1, 0.15) is 61.9 Å². The number of thiophene rings is 2. The number of nitrogens with zero attached hydrogens (tertiary/aromatic N) is 6. The van der Waals surface area contributed by atoms with E-state index in [2.05, 4.69) is 31.2 Å². The zero-order chi connectivity index (χ0) is 44.0. The van der Waals surface area contributed by atoms with Gasteiger partial charge in [0, 0.05) is 45.2 Å². The average molecular weight is 937 g/mol. The van der Waals surface area contributed by atoms with Crippen molar-refractivity contribution in [2.45, 2.75) is 30.6 Å². The molecule has 0 unspecified atom stereocenters. The summed E-state index contributed by atoms with van der Waals surface area (Å²) in [5.74, 6) is 1.43. The molecule has 0 saturated heterocycles. The molecule has 4 aromatic carbocycles. The Morgan fingerprint density at radius 3 is 1.48 bits per heavy atom. The average Bonchev–Trinajstić information content (AvgIpc) is 4.13. The van der Waals surface area contributed by atoms with Crippen LogP contribution < -0.4 is 20.3 Å². The number of carbonyl (C=O) groups excluding carboxylic acids is 2. The van der Waals surface area contributed by atoms with Crippen LogP contribution in [0.3, 0.4) is 0 Å². The molecule has 0 amide bonds. The molecule has 14 nitrogen and oxygen atoms in total. The number of carbonyl (C=O) groups is 2. The highest BCUT2D eigenvalue weighted by atomic mass is 32.2. The van der Waals surface area contributed by atoms with E-state index in [1.165, 1.54) is 46.2 Å². The number of hydrogen-bond acceptors (Lipinski definition) is 16. The number of para-hydroxylation sites is 2. The Kier molecular flexibility index (Phi) is 10.9. The van der Waals surface area contributed by atoms with Crippen LogP contribution in [0.15, 0.2) is 120 Å². The predicted molar refractivity (Wildman–Crippen MR) is 255 cm³/mol. The fraction of sp³-hybridized carbons (Fsp3) is 0.149. The van der Waals surface area contributed by atoms with Crippen molar-refractivity contribution in [3.05, 3.63) is 141 Å². The van der Waals surface area contributed by atoms with E-state index in [-0.39, 0.29) is 13.2 Å². The second kappa shape index (κ2) is 17.3. The number of aromatic nitrogens is 6. The van der Waals surface area contributed by atoms with Crippen LogP contribution in [0.4, 0.5) is 0 Å². The van der Waals surface area contributed by atoms with Gasteiger partial charge >= 0.3 is 11.9 Å². The van der Waals surface area contributed by atoms with Gasteiger partial charge in [-0.3, -0.25) is 10.9 Å². The van der Waals surface area contributed by atoms with Crippen molar-refractivity contribution in [1.82, 2.24) is 29.7 Å². The molecule has 11 rings (SSSR count). The lowest BCUT2D eigenvalue weighted by Gasteiger charge is -2.27. The third kappa shape index (κ3) is 7.22. The van der Waals surface area contributed by atoms with Crippen molar-refractivity contribution >= 4 is 88.7 Å². The lowest BCUT2D eigenvalue weighted by atomic mass is 10.0. The van der Waals surface area contributed by atoms with E-state index in [9.17, 15) is 9.59 Å². The molecule has 2 N–H and O–H groups in total.